The van der Waals surface area contributed by atoms with Crippen LogP contribution in [-0.2, 0) is 4.79 Å². The number of hydrogen-bond donors (Lipinski definition) is 3. The van der Waals surface area contributed by atoms with E-state index in [2.05, 4.69) is 4.99 Å². The van der Waals surface area contributed by atoms with Crippen molar-refractivity contribution in [2.24, 2.45) is 4.99 Å². The number of carbonyl (C=O) groups is 1. The van der Waals surface area contributed by atoms with Crippen molar-refractivity contribution in [3.05, 3.63) is 59.2 Å². The van der Waals surface area contributed by atoms with E-state index in [-0.39, 0.29) is 31.8 Å². The molecule has 1 aromatic carbocycles. The summed E-state index contributed by atoms with van der Waals surface area (Å²) in [4.78, 5) is 42.6. The average Bonchev–Trinajstić information content (AvgIpc) is 2.66. The summed E-state index contributed by atoms with van der Waals surface area (Å²) in [5, 5.41) is 10.5. The van der Waals surface area contributed by atoms with E-state index < -0.39 is 23.0 Å². The maximum absolute atomic E-state index is 12.0. The van der Waals surface area contributed by atoms with Gasteiger partial charge in [0.1, 0.15) is 5.56 Å². The minimum absolute atomic E-state index is 0.140. The first kappa shape index (κ1) is 13.6. The molecule has 9 heteroatoms. The molecule has 1 aliphatic heterocycles. The molecule has 1 aliphatic rings. The third-order valence-corrected chi connectivity index (χ3v) is 3.40. The molecule has 0 saturated heterocycles. The molecule has 2 aromatic rings. The van der Waals surface area contributed by atoms with Gasteiger partial charge in [0.2, 0.25) is 5.88 Å². The van der Waals surface area contributed by atoms with Crippen LogP contribution in [0.2, 0.25) is 10.0 Å². The Balaban J connectivity index is 2.54. The average molecular weight is 326 g/mol. The van der Waals surface area contributed by atoms with E-state index in [4.69, 9.17) is 23.2 Å². The fourth-order valence-electron chi connectivity index (χ4n) is 2.09. The summed E-state index contributed by atoms with van der Waals surface area (Å²) in [5.41, 5.74) is -2.38. The number of rotatable bonds is 1. The van der Waals surface area contributed by atoms with Gasteiger partial charge >= 0.3 is 5.69 Å². The van der Waals surface area contributed by atoms with Crippen molar-refractivity contribution in [3.8, 4) is 5.88 Å². The number of aromatic nitrogens is 2. The SMILES string of the molecule is O=C1N=c2c(Cl)cc(Cl)cc2=C1c1c(O)[nH]c(=O)[nH]c1=O. The van der Waals surface area contributed by atoms with E-state index in [1.54, 1.807) is 0 Å². The van der Waals surface area contributed by atoms with E-state index in [1.165, 1.54) is 12.1 Å². The van der Waals surface area contributed by atoms with E-state index in [0.29, 0.717) is 0 Å². The molecule has 1 aromatic heterocycles. The molecule has 21 heavy (non-hydrogen) atoms. The summed E-state index contributed by atoms with van der Waals surface area (Å²) in [6, 6.07) is 2.80. The van der Waals surface area contributed by atoms with Crippen LogP contribution >= 0.6 is 23.2 Å². The lowest BCUT2D eigenvalue weighted by atomic mass is 10.1. The van der Waals surface area contributed by atoms with Gasteiger partial charge in [-0.1, -0.05) is 23.2 Å². The van der Waals surface area contributed by atoms with Crippen LogP contribution in [0.1, 0.15) is 5.56 Å². The Morgan fingerprint density at radius 3 is 2.48 bits per heavy atom. The molecular weight excluding hydrogens is 321 g/mol. The van der Waals surface area contributed by atoms with Crippen molar-refractivity contribution in [2.75, 3.05) is 0 Å². The normalized spacial score (nSPS) is 13.2. The van der Waals surface area contributed by atoms with E-state index >= 15 is 0 Å². The molecule has 0 fully saturated rings. The fourth-order valence-corrected chi connectivity index (χ4v) is 2.63. The Labute approximate surface area is 125 Å². The first-order chi connectivity index (χ1) is 9.88. The second-order valence-corrected chi connectivity index (χ2v) is 5.05. The number of H-pyrrole nitrogens is 2. The monoisotopic (exact) mass is 325 g/mol. The highest BCUT2D eigenvalue weighted by atomic mass is 35.5. The van der Waals surface area contributed by atoms with Crippen LogP contribution in [0.4, 0.5) is 0 Å². The maximum atomic E-state index is 12.0. The van der Waals surface area contributed by atoms with Gasteiger partial charge in [0, 0.05) is 10.2 Å². The predicted octanol–water partition coefficient (Wildman–Crippen LogP) is -0.566. The molecule has 0 bridgehead atoms. The number of aromatic amines is 2. The second kappa shape index (κ2) is 4.57. The van der Waals surface area contributed by atoms with Crippen LogP contribution in [0.3, 0.4) is 0 Å². The topological polar surface area (TPSA) is 115 Å². The quantitative estimate of drug-likeness (QED) is 0.651. The van der Waals surface area contributed by atoms with Gasteiger partial charge in [0.05, 0.1) is 16.0 Å². The van der Waals surface area contributed by atoms with Gasteiger partial charge < -0.3 is 5.11 Å². The maximum Gasteiger partial charge on any atom is 0.328 e. The zero-order valence-electron chi connectivity index (χ0n) is 10.0. The highest BCUT2D eigenvalue weighted by molar-refractivity contribution is 6.35. The number of benzene rings is 1. The third-order valence-electron chi connectivity index (χ3n) is 2.90. The summed E-state index contributed by atoms with van der Waals surface area (Å²) in [5.74, 6) is -1.49. The van der Waals surface area contributed by atoms with Gasteiger partial charge in [-0.25, -0.2) is 9.79 Å². The zero-order chi connectivity index (χ0) is 15.3. The van der Waals surface area contributed by atoms with E-state index in [9.17, 15) is 19.5 Å². The molecule has 3 N–H and O–H groups in total. The lowest BCUT2D eigenvalue weighted by Gasteiger charge is -2.02. The molecule has 7 nitrogen and oxygen atoms in total. The number of aromatic hydroxyl groups is 1. The summed E-state index contributed by atoms with van der Waals surface area (Å²) in [7, 11) is 0. The first-order valence-electron chi connectivity index (χ1n) is 5.57. The minimum Gasteiger partial charge on any atom is -0.494 e. The van der Waals surface area contributed by atoms with Crippen LogP contribution in [-0.4, -0.2) is 21.0 Å². The van der Waals surface area contributed by atoms with E-state index in [1.807, 2.05) is 9.97 Å². The Kier molecular flexibility index (Phi) is 2.96. The van der Waals surface area contributed by atoms with Crippen molar-refractivity contribution < 1.29 is 9.90 Å². The van der Waals surface area contributed by atoms with Crippen molar-refractivity contribution in [1.29, 1.82) is 0 Å². The smallest absolute Gasteiger partial charge is 0.328 e. The highest BCUT2D eigenvalue weighted by Gasteiger charge is 2.26. The molecular formula is C12H5Cl2N3O4. The molecule has 0 spiro atoms. The Morgan fingerprint density at radius 1 is 1.10 bits per heavy atom. The number of nitrogens with zero attached hydrogens (tertiary/aromatic N) is 1. The molecule has 1 amide bonds. The van der Waals surface area contributed by atoms with Gasteiger partial charge in [0.15, 0.2) is 0 Å². The second-order valence-electron chi connectivity index (χ2n) is 4.21. The predicted molar refractivity (Wildman–Crippen MR) is 74.1 cm³/mol. The van der Waals surface area contributed by atoms with Crippen LogP contribution in [0, 0.1) is 0 Å². The molecule has 0 unspecified atom stereocenters. The summed E-state index contributed by atoms with van der Waals surface area (Å²) < 4.78 is 0. The van der Waals surface area contributed by atoms with Crippen molar-refractivity contribution in [3.63, 3.8) is 0 Å². The Bertz CT molecular complexity index is 1040. The van der Waals surface area contributed by atoms with Crippen LogP contribution in [0.15, 0.2) is 26.7 Å². The number of hydrogen-bond acceptors (Lipinski definition) is 4. The van der Waals surface area contributed by atoms with Gasteiger partial charge in [-0.2, -0.15) is 0 Å². The van der Waals surface area contributed by atoms with Crippen molar-refractivity contribution in [1.82, 2.24) is 9.97 Å². The van der Waals surface area contributed by atoms with Crippen LogP contribution < -0.4 is 21.8 Å². The Hall–Kier alpha value is -2.38. The van der Waals surface area contributed by atoms with Crippen molar-refractivity contribution in [2.45, 2.75) is 0 Å². The molecule has 0 radical (unpaired) electrons. The summed E-state index contributed by atoms with van der Waals surface area (Å²) >= 11 is 11.8. The Morgan fingerprint density at radius 2 is 1.81 bits per heavy atom. The standard InChI is InChI=1S/C12H5Cl2N3O4/c13-3-1-4-6(9(18)15-8(4)5(14)2-3)7-10(19)16-12(21)17-11(7)20/h1-2H,(H3,16,17,19,20,21). The first-order valence-corrected chi connectivity index (χ1v) is 6.32. The van der Waals surface area contributed by atoms with E-state index in [0.717, 1.165) is 0 Å². The molecule has 2 heterocycles. The van der Waals surface area contributed by atoms with Gasteiger partial charge in [0.25, 0.3) is 11.5 Å². The zero-order valence-corrected chi connectivity index (χ0v) is 11.5. The lowest BCUT2D eigenvalue weighted by Crippen LogP contribution is -2.30. The molecule has 0 atom stereocenters. The number of fused-ring (bicyclic) bond motifs is 1. The fraction of sp³-hybridized carbons (Fsp3) is 0. The lowest BCUT2D eigenvalue weighted by molar-refractivity contribution is -0.112. The molecule has 0 aliphatic carbocycles. The molecule has 0 saturated carbocycles. The van der Waals surface area contributed by atoms with Gasteiger partial charge in [-0.05, 0) is 12.1 Å². The van der Waals surface area contributed by atoms with Crippen molar-refractivity contribution >= 4 is 34.7 Å². The number of halogens is 2. The van der Waals surface area contributed by atoms with Gasteiger partial charge in [-0.3, -0.25) is 19.6 Å². The molecule has 106 valence electrons. The molecule has 3 rings (SSSR count). The number of amides is 1. The highest BCUT2D eigenvalue weighted by Crippen LogP contribution is 2.19. The van der Waals surface area contributed by atoms with Crippen LogP contribution in [0.25, 0.3) is 5.57 Å². The largest absolute Gasteiger partial charge is 0.494 e. The summed E-state index contributed by atoms with van der Waals surface area (Å²) in [6.45, 7) is 0. The number of nitrogens with one attached hydrogen (secondary N) is 2. The van der Waals surface area contributed by atoms with Gasteiger partial charge in [-0.15, -0.1) is 0 Å². The number of carbonyl (C=O) groups excluding carboxylic acids is 1. The summed E-state index contributed by atoms with van der Waals surface area (Å²) in [6.07, 6.45) is 0. The minimum atomic E-state index is -0.918. The van der Waals surface area contributed by atoms with Crippen LogP contribution in [0.5, 0.6) is 5.88 Å². The third kappa shape index (κ3) is 2.07.